The lowest BCUT2D eigenvalue weighted by atomic mass is 9.97. The van der Waals surface area contributed by atoms with E-state index < -0.39 is 0 Å². The molecule has 1 fully saturated rings. The summed E-state index contributed by atoms with van der Waals surface area (Å²) in [5, 5.41) is 9.64. The summed E-state index contributed by atoms with van der Waals surface area (Å²) in [6.07, 6.45) is 5.51. The molecular weight excluding hydrogens is 380 g/mol. The van der Waals surface area contributed by atoms with Crippen LogP contribution >= 0.6 is 0 Å². The number of piperidine rings is 1. The lowest BCUT2D eigenvalue weighted by Crippen LogP contribution is -2.43. The normalized spacial score (nSPS) is 19.7. The van der Waals surface area contributed by atoms with Gasteiger partial charge in [0.25, 0.3) is 0 Å². The van der Waals surface area contributed by atoms with E-state index in [2.05, 4.69) is 51.3 Å². The molecule has 4 heterocycles. The average molecular weight is 411 g/mol. The molecule has 0 bridgehead atoms. The quantitative estimate of drug-likeness (QED) is 0.668. The highest BCUT2D eigenvalue weighted by atomic mass is 16.5. The molecule has 2 atom stereocenters. The number of ether oxygens (including phenoxy) is 1. The van der Waals surface area contributed by atoms with E-state index in [4.69, 9.17) is 9.72 Å². The lowest BCUT2D eigenvalue weighted by Gasteiger charge is -2.36. The van der Waals surface area contributed by atoms with E-state index in [1.54, 1.807) is 13.3 Å². The summed E-state index contributed by atoms with van der Waals surface area (Å²) in [7, 11) is 1.78. The summed E-state index contributed by atoms with van der Waals surface area (Å²) in [6.45, 7) is 8.09. The van der Waals surface area contributed by atoms with Crippen molar-refractivity contribution in [3.63, 3.8) is 0 Å². The van der Waals surface area contributed by atoms with Gasteiger partial charge in [-0.25, -0.2) is 15.0 Å². The van der Waals surface area contributed by atoms with E-state index >= 15 is 0 Å². The number of aliphatic hydroxyl groups excluding tert-OH is 1. The van der Waals surface area contributed by atoms with Crippen LogP contribution in [0.5, 0.6) is 0 Å². The third-order valence-corrected chi connectivity index (χ3v) is 5.84. The maximum absolute atomic E-state index is 9.64. The molecule has 0 saturated carbocycles. The summed E-state index contributed by atoms with van der Waals surface area (Å²) in [6, 6.07) is 4.20. The summed E-state index contributed by atoms with van der Waals surface area (Å²) in [4.78, 5) is 20.6. The second kappa shape index (κ2) is 8.65. The first-order chi connectivity index (χ1) is 14.5. The van der Waals surface area contributed by atoms with E-state index in [0.29, 0.717) is 24.3 Å². The fourth-order valence-electron chi connectivity index (χ4n) is 4.35. The zero-order chi connectivity index (χ0) is 21.3. The van der Waals surface area contributed by atoms with Crippen LogP contribution in [0.2, 0.25) is 0 Å². The zero-order valence-electron chi connectivity index (χ0n) is 18.1. The van der Waals surface area contributed by atoms with Gasteiger partial charge in [0.1, 0.15) is 17.9 Å². The van der Waals surface area contributed by atoms with Gasteiger partial charge >= 0.3 is 0 Å². The molecule has 0 amide bonds. The van der Waals surface area contributed by atoms with Crippen LogP contribution in [0.4, 0.5) is 5.95 Å². The second-order valence-corrected chi connectivity index (χ2v) is 8.33. The Bertz CT molecular complexity index is 1020. The van der Waals surface area contributed by atoms with Crippen molar-refractivity contribution < 1.29 is 9.84 Å². The molecule has 160 valence electrons. The Morgan fingerprint density at radius 1 is 1.23 bits per heavy atom. The average Bonchev–Trinajstić information content (AvgIpc) is 3.12. The van der Waals surface area contributed by atoms with Gasteiger partial charge in [0.15, 0.2) is 0 Å². The number of hydrogen-bond donors (Lipinski definition) is 1. The predicted molar refractivity (Wildman–Crippen MR) is 115 cm³/mol. The van der Waals surface area contributed by atoms with Crippen molar-refractivity contribution in [2.24, 2.45) is 5.92 Å². The van der Waals surface area contributed by atoms with Gasteiger partial charge < -0.3 is 19.3 Å². The topological polar surface area (TPSA) is 89.2 Å². The van der Waals surface area contributed by atoms with Crippen molar-refractivity contribution in [1.82, 2.24) is 24.5 Å². The Hall–Kier alpha value is -2.58. The molecule has 8 heteroatoms. The van der Waals surface area contributed by atoms with Crippen LogP contribution in [0.1, 0.15) is 50.4 Å². The number of imidazole rings is 1. The van der Waals surface area contributed by atoms with Crippen molar-refractivity contribution in [2.75, 3.05) is 25.1 Å². The van der Waals surface area contributed by atoms with Crippen molar-refractivity contribution in [2.45, 2.75) is 52.4 Å². The van der Waals surface area contributed by atoms with E-state index in [-0.39, 0.29) is 12.6 Å². The van der Waals surface area contributed by atoms with Gasteiger partial charge in [-0.15, -0.1) is 0 Å². The van der Waals surface area contributed by atoms with Gasteiger partial charge in [0, 0.05) is 44.6 Å². The maximum atomic E-state index is 9.64. The number of hydrogen-bond acceptors (Lipinski definition) is 7. The van der Waals surface area contributed by atoms with Gasteiger partial charge in [0.2, 0.25) is 5.95 Å². The highest BCUT2D eigenvalue weighted by molar-refractivity contribution is 5.75. The largest absolute Gasteiger partial charge is 0.388 e. The molecular formula is C22H30N6O2. The van der Waals surface area contributed by atoms with Gasteiger partial charge in [-0.2, -0.15) is 0 Å². The van der Waals surface area contributed by atoms with Crippen molar-refractivity contribution >= 4 is 17.0 Å². The minimum atomic E-state index is -0.0876. The van der Waals surface area contributed by atoms with Crippen LogP contribution in [-0.4, -0.2) is 55.9 Å². The predicted octanol–water partition coefficient (Wildman–Crippen LogP) is 2.75. The Morgan fingerprint density at radius 3 is 2.77 bits per heavy atom. The number of rotatable bonds is 6. The number of fused-ring (bicyclic) bond motifs is 1. The SMILES string of the molecule is CO[C@@H]1CCN(c2nccc(Cc3cc4c(cn3)nc(CO)n4C(C)C)n2)C[C@@H]1C. The minimum Gasteiger partial charge on any atom is -0.388 e. The van der Waals surface area contributed by atoms with Gasteiger partial charge in [-0.1, -0.05) is 6.92 Å². The van der Waals surface area contributed by atoms with Gasteiger partial charge in [0.05, 0.1) is 23.5 Å². The van der Waals surface area contributed by atoms with Crippen LogP contribution < -0.4 is 4.90 Å². The molecule has 1 saturated heterocycles. The molecule has 1 aliphatic rings. The molecule has 0 aromatic carbocycles. The summed E-state index contributed by atoms with van der Waals surface area (Å²) in [5.41, 5.74) is 3.65. The van der Waals surface area contributed by atoms with Gasteiger partial charge in [-0.3, -0.25) is 4.98 Å². The summed E-state index contributed by atoms with van der Waals surface area (Å²) >= 11 is 0. The van der Waals surface area contributed by atoms with Crippen molar-refractivity contribution in [3.8, 4) is 0 Å². The molecule has 0 radical (unpaired) electrons. The van der Waals surface area contributed by atoms with Gasteiger partial charge in [-0.05, 0) is 38.3 Å². The van der Waals surface area contributed by atoms with E-state index in [9.17, 15) is 5.11 Å². The molecule has 3 aromatic rings. The molecule has 30 heavy (non-hydrogen) atoms. The number of nitrogens with zero attached hydrogens (tertiary/aromatic N) is 6. The highest BCUT2D eigenvalue weighted by Crippen LogP contribution is 2.24. The number of pyridine rings is 1. The summed E-state index contributed by atoms with van der Waals surface area (Å²) in [5.74, 6) is 1.87. The number of aliphatic hydroxyl groups is 1. The standard InChI is InChI=1S/C22H30N6O2/c1-14(2)28-19-10-17(24-11-18(19)26-21(28)13-29)9-16-5-7-23-22(25-16)27-8-6-20(30-4)15(3)12-27/h5,7,10-11,14-15,20,29H,6,8-9,12-13H2,1-4H3/t15-,20+/m0/s1. The number of aromatic nitrogens is 5. The minimum absolute atomic E-state index is 0.0876. The molecule has 0 aliphatic carbocycles. The smallest absolute Gasteiger partial charge is 0.225 e. The number of methoxy groups -OCH3 is 1. The third kappa shape index (κ3) is 4.02. The fourth-order valence-corrected chi connectivity index (χ4v) is 4.35. The van der Waals surface area contributed by atoms with Crippen LogP contribution in [-0.2, 0) is 17.8 Å². The summed E-state index contributed by atoms with van der Waals surface area (Å²) < 4.78 is 7.63. The maximum Gasteiger partial charge on any atom is 0.225 e. The molecule has 1 aliphatic heterocycles. The molecule has 0 spiro atoms. The van der Waals surface area contributed by atoms with E-state index in [1.165, 1.54) is 0 Å². The second-order valence-electron chi connectivity index (χ2n) is 8.33. The van der Waals surface area contributed by atoms with Crippen LogP contribution in [0.3, 0.4) is 0 Å². The first kappa shape index (κ1) is 20.7. The third-order valence-electron chi connectivity index (χ3n) is 5.84. The Balaban J connectivity index is 1.57. The number of anilines is 1. The van der Waals surface area contributed by atoms with Crippen LogP contribution in [0.15, 0.2) is 24.5 Å². The Morgan fingerprint density at radius 2 is 2.07 bits per heavy atom. The Kier molecular flexibility index (Phi) is 5.97. The van der Waals surface area contributed by atoms with E-state index in [0.717, 1.165) is 47.9 Å². The first-order valence-corrected chi connectivity index (χ1v) is 10.6. The highest BCUT2D eigenvalue weighted by Gasteiger charge is 2.27. The molecule has 1 N–H and O–H groups in total. The zero-order valence-corrected chi connectivity index (χ0v) is 18.1. The Labute approximate surface area is 177 Å². The van der Waals surface area contributed by atoms with Crippen LogP contribution in [0.25, 0.3) is 11.0 Å². The molecule has 0 unspecified atom stereocenters. The molecule has 4 rings (SSSR count). The van der Waals surface area contributed by atoms with Crippen molar-refractivity contribution in [3.05, 3.63) is 41.7 Å². The molecule has 3 aromatic heterocycles. The fraction of sp³-hybridized carbons (Fsp3) is 0.545. The van der Waals surface area contributed by atoms with E-state index in [1.807, 2.05) is 12.3 Å². The van der Waals surface area contributed by atoms with Crippen molar-refractivity contribution in [1.29, 1.82) is 0 Å². The van der Waals surface area contributed by atoms with Crippen LogP contribution in [0, 0.1) is 5.92 Å². The molecule has 8 nitrogen and oxygen atoms in total. The first-order valence-electron chi connectivity index (χ1n) is 10.6. The monoisotopic (exact) mass is 410 g/mol. The lowest BCUT2D eigenvalue weighted by molar-refractivity contribution is 0.0442.